The third-order valence-electron chi connectivity index (χ3n) is 5.81. The van der Waals surface area contributed by atoms with Crippen molar-refractivity contribution in [1.82, 2.24) is 4.90 Å². The van der Waals surface area contributed by atoms with Gasteiger partial charge in [0.1, 0.15) is 10.7 Å². The summed E-state index contributed by atoms with van der Waals surface area (Å²) in [5.74, 6) is 1.51. The number of methoxy groups -OCH3 is 2. The standard InChI is InChI=1S/C23H27N3O5S/c1-25(15-16-8-11-19(30-2)20(13-16)31-3)23(27)17-9-10-18-21(14-17)32(28,29)24-22-7-5-4-6-12-26(18)22/h8-11,13-14H,4-7,12,15H2,1-3H3. The van der Waals surface area contributed by atoms with Crippen LogP contribution in [0.25, 0.3) is 0 Å². The van der Waals surface area contributed by atoms with Crippen LogP contribution in [0.5, 0.6) is 11.5 Å². The number of ether oxygens (including phenoxy) is 2. The van der Waals surface area contributed by atoms with Crippen LogP contribution < -0.4 is 14.4 Å². The zero-order chi connectivity index (χ0) is 22.9. The van der Waals surface area contributed by atoms with E-state index in [1.165, 1.54) is 6.07 Å². The van der Waals surface area contributed by atoms with E-state index in [4.69, 9.17) is 9.47 Å². The topological polar surface area (TPSA) is 88.5 Å². The van der Waals surface area contributed by atoms with E-state index in [0.29, 0.717) is 41.6 Å². The Hall–Kier alpha value is -3.07. The first-order valence-corrected chi connectivity index (χ1v) is 12.0. The summed E-state index contributed by atoms with van der Waals surface area (Å²) in [4.78, 5) is 16.7. The Kier molecular flexibility index (Phi) is 6.10. The molecule has 0 unspecified atom stereocenters. The first kappa shape index (κ1) is 22.1. The van der Waals surface area contributed by atoms with Crippen LogP contribution in [-0.4, -0.2) is 52.9 Å². The molecule has 9 heteroatoms. The number of benzene rings is 2. The molecule has 2 aliphatic rings. The van der Waals surface area contributed by atoms with Gasteiger partial charge in [-0.25, -0.2) is 0 Å². The zero-order valence-corrected chi connectivity index (χ0v) is 19.3. The first-order valence-electron chi connectivity index (χ1n) is 10.6. The van der Waals surface area contributed by atoms with Gasteiger partial charge in [-0.2, -0.15) is 8.42 Å². The summed E-state index contributed by atoms with van der Waals surface area (Å²) in [5.41, 5.74) is 1.78. The quantitative estimate of drug-likeness (QED) is 0.683. The van der Waals surface area contributed by atoms with Crippen LogP contribution in [0.4, 0.5) is 5.69 Å². The van der Waals surface area contributed by atoms with Crippen LogP contribution >= 0.6 is 0 Å². The zero-order valence-electron chi connectivity index (χ0n) is 18.5. The Bertz CT molecular complexity index is 1180. The summed E-state index contributed by atoms with van der Waals surface area (Å²) in [6, 6.07) is 10.3. The van der Waals surface area contributed by atoms with Gasteiger partial charge in [0.15, 0.2) is 11.5 Å². The van der Waals surface area contributed by atoms with E-state index in [-0.39, 0.29) is 10.8 Å². The molecule has 1 fully saturated rings. The number of carbonyl (C=O) groups excluding carboxylic acids is 1. The summed E-state index contributed by atoms with van der Waals surface area (Å²) in [6.07, 6.45) is 3.60. The smallest absolute Gasteiger partial charge is 0.286 e. The first-order chi connectivity index (χ1) is 15.3. The molecule has 2 aliphatic heterocycles. The van der Waals surface area contributed by atoms with Crippen LogP contribution in [0, 0.1) is 0 Å². The lowest BCUT2D eigenvalue weighted by Gasteiger charge is -2.30. The Morgan fingerprint density at radius 3 is 2.59 bits per heavy atom. The van der Waals surface area contributed by atoms with Crippen molar-refractivity contribution in [2.24, 2.45) is 4.40 Å². The largest absolute Gasteiger partial charge is 0.493 e. The van der Waals surface area contributed by atoms with Gasteiger partial charge in [-0.1, -0.05) is 12.5 Å². The molecule has 2 heterocycles. The fraction of sp³-hybridized carbons (Fsp3) is 0.391. The molecule has 1 amide bonds. The molecule has 0 spiro atoms. The summed E-state index contributed by atoms with van der Waals surface area (Å²) in [6.45, 7) is 1.06. The highest BCUT2D eigenvalue weighted by atomic mass is 32.2. The van der Waals surface area contributed by atoms with Gasteiger partial charge >= 0.3 is 0 Å². The second kappa shape index (κ2) is 8.82. The predicted molar refractivity (Wildman–Crippen MR) is 122 cm³/mol. The van der Waals surface area contributed by atoms with Crippen LogP contribution in [0.1, 0.15) is 41.6 Å². The van der Waals surface area contributed by atoms with Crippen molar-refractivity contribution < 1.29 is 22.7 Å². The van der Waals surface area contributed by atoms with Crippen molar-refractivity contribution in [3.63, 3.8) is 0 Å². The highest BCUT2D eigenvalue weighted by molar-refractivity contribution is 7.90. The highest BCUT2D eigenvalue weighted by Gasteiger charge is 2.32. The van der Waals surface area contributed by atoms with E-state index in [1.807, 2.05) is 17.0 Å². The third kappa shape index (κ3) is 4.17. The molecule has 170 valence electrons. The molecule has 32 heavy (non-hydrogen) atoms. The molecule has 0 bridgehead atoms. The number of sulfonamides is 1. The van der Waals surface area contributed by atoms with Crippen LogP contribution in [0.2, 0.25) is 0 Å². The van der Waals surface area contributed by atoms with E-state index in [1.54, 1.807) is 44.4 Å². The van der Waals surface area contributed by atoms with E-state index < -0.39 is 10.0 Å². The number of nitrogens with zero attached hydrogens (tertiary/aromatic N) is 3. The van der Waals surface area contributed by atoms with Crippen LogP contribution in [0.15, 0.2) is 45.7 Å². The minimum Gasteiger partial charge on any atom is -0.493 e. The van der Waals surface area contributed by atoms with Gasteiger partial charge in [0.2, 0.25) is 0 Å². The molecular weight excluding hydrogens is 430 g/mol. The molecule has 4 rings (SSSR count). The normalized spacial score (nSPS) is 16.8. The lowest BCUT2D eigenvalue weighted by molar-refractivity contribution is 0.0784. The molecule has 0 aliphatic carbocycles. The van der Waals surface area contributed by atoms with Crippen LogP contribution in [-0.2, 0) is 16.6 Å². The van der Waals surface area contributed by atoms with Gasteiger partial charge < -0.3 is 19.3 Å². The number of rotatable bonds is 5. The molecule has 0 radical (unpaired) electrons. The highest BCUT2D eigenvalue weighted by Crippen LogP contribution is 2.35. The van der Waals surface area contributed by atoms with Crippen molar-refractivity contribution in [2.75, 3.05) is 32.7 Å². The van der Waals surface area contributed by atoms with Gasteiger partial charge in [-0.3, -0.25) is 4.79 Å². The molecule has 0 atom stereocenters. The van der Waals surface area contributed by atoms with Crippen molar-refractivity contribution in [1.29, 1.82) is 0 Å². The molecule has 2 aromatic carbocycles. The molecule has 8 nitrogen and oxygen atoms in total. The lowest BCUT2D eigenvalue weighted by Crippen LogP contribution is -2.35. The van der Waals surface area contributed by atoms with Gasteiger partial charge in [-0.15, -0.1) is 4.40 Å². The van der Waals surface area contributed by atoms with E-state index in [0.717, 1.165) is 31.4 Å². The minimum absolute atomic E-state index is 0.0912. The summed E-state index contributed by atoms with van der Waals surface area (Å²) in [5, 5.41) is 0. The van der Waals surface area contributed by atoms with Crippen molar-refractivity contribution in [3.8, 4) is 11.5 Å². The van der Waals surface area contributed by atoms with E-state index >= 15 is 0 Å². The number of hydrogen-bond donors (Lipinski definition) is 0. The van der Waals surface area contributed by atoms with E-state index in [2.05, 4.69) is 4.40 Å². The second-order valence-electron chi connectivity index (χ2n) is 7.98. The Balaban J connectivity index is 1.60. The van der Waals surface area contributed by atoms with Gasteiger partial charge in [0, 0.05) is 32.1 Å². The number of fused-ring (bicyclic) bond motifs is 3. The Morgan fingerprint density at radius 1 is 1.06 bits per heavy atom. The number of amidine groups is 1. The summed E-state index contributed by atoms with van der Waals surface area (Å²) in [7, 11) is 0.961. The predicted octanol–water partition coefficient (Wildman–Crippen LogP) is 3.46. The second-order valence-corrected chi connectivity index (χ2v) is 9.55. The average molecular weight is 458 g/mol. The minimum atomic E-state index is -3.84. The lowest BCUT2D eigenvalue weighted by atomic mass is 10.1. The molecule has 2 aromatic rings. The SMILES string of the molecule is COc1ccc(CN(C)C(=O)c2ccc3c(c2)S(=O)(=O)N=C2CCCCCN23)cc1OC. The molecular formula is C23H27N3O5S. The molecule has 0 aromatic heterocycles. The number of anilines is 1. The van der Waals surface area contributed by atoms with Crippen molar-refractivity contribution >= 4 is 27.5 Å². The number of carbonyl (C=O) groups is 1. The Labute approximate surface area is 188 Å². The average Bonchev–Trinajstić information content (AvgIpc) is 3.03. The number of hydrogen-bond acceptors (Lipinski definition) is 6. The molecule has 1 saturated heterocycles. The molecule has 0 N–H and O–H groups in total. The summed E-state index contributed by atoms with van der Waals surface area (Å²) >= 11 is 0. The summed E-state index contributed by atoms with van der Waals surface area (Å²) < 4.78 is 40.3. The maximum Gasteiger partial charge on any atom is 0.286 e. The monoisotopic (exact) mass is 457 g/mol. The maximum absolute atomic E-state index is 13.1. The van der Waals surface area contributed by atoms with Crippen molar-refractivity contribution in [2.45, 2.75) is 37.1 Å². The maximum atomic E-state index is 13.1. The number of amides is 1. The Morgan fingerprint density at radius 2 is 1.84 bits per heavy atom. The fourth-order valence-electron chi connectivity index (χ4n) is 4.16. The molecule has 0 saturated carbocycles. The van der Waals surface area contributed by atoms with Gasteiger partial charge in [0.25, 0.3) is 15.9 Å². The van der Waals surface area contributed by atoms with E-state index in [9.17, 15) is 13.2 Å². The van der Waals surface area contributed by atoms with Gasteiger partial charge in [-0.05, 0) is 48.7 Å². The van der Waals surface area contributed by atoms with Gasteiger partial charge in [0.05, 0.1) is 19.9 Å². The van der Waals surface area contributed by atoms with Crippen LogP contribution in [0.3, 0.4) is 0 Å². The van der Waals surface area contributed by atoms with Crippen molar-refractivity contribution in [3.05, 3.63) is 47.5 Å². The third-order valence-corrected chi connectivity index (χ3v) is 7.14. The fourth-order valence-corrected chi connectivity index (χ4v) is 5.44.